The SMILES string of the molecule is COCC1CC(c2c(-c3ccc(C(=O)O)cc3)c3c(O)cccc3n2-c2ccc(F)c(C)c2)C1. The zero-order chi connectivity index (χ0) is 24.0. The highest BCUT2D eigenvalue weighted by atomic mass is 19.1. The summed E-state index contributed by atoms with van der Waals surface area (Å²) in [5, 5.41) is 21.0. The van der Waals surface area contributed by atoms with Gasteiger partial charge in [0.25, 0.3) is 0 Å². The first kappa shape index (κ1) is 22.2. The molecule has 0 aliphatic heterocycles. The van der Waals surface area contributed by atoms with Gasteiger partial charge in [-0.25, -0.2) is 9.18 Å². The average molecular weight is 460 g/mol. The highest BCUT2D eigenvalue weighted by Gasteiger charge is 2.36. The van der Waals surface area contributed by atoms with Crippen molar-refractivity contribution in [3.63, 3.8) is 0 Å². The van der Waals surface area contributed by atoms with Crippen LogP contribution in [0.25, 0.3) is 27.7 Å². The van der Waals surface area contributed by atoms with Crippen molar-refractivity contribution in [2.75, 3.05) is 13.7 Å². The van der Waals surface area contributed by atoms with Crippen molar-refractivity contribution in [2.45, 2.75) is 25.7 Å². The van der Waals surface area contributed by atoms with Crippen molar-refractivity contribution >= 4 is 16.9 Å². The summed E-state index contributed by atoms with van der Waals surface area (Å²) in [4.78, 5) is 11.4. The van der Waals surface area contributed by atoms with E-state index in [2.05, 4.69) is 4.57 Å². The van der Waals surface area contributed by atoms with Crippen molar-refractivity contribution in [3.05, 3.63) is 83.3 Å². The number of rotatable bonds is 6. The van der Waals surface area contributed by atoms with Crippen LogP contribution in [0.2, 0.25) is 0 Å². The molecule has 5 nitrogen and oxygen atoms in total. The summed E-state index contributed by atoms with van der Waals surface area (Å²) in [5.74, 6) is -0.432. The molecule has 0 spiro atoms. The van der Waals surface area contributed by atoms with E-state index in [0.29, 0.717) is 23.5 Å². The minimum Gasteiger partial charge on any atom is -0.507 e. The molecule has 3 aromatic carbocycles. The quantitative estimate of drug-likeness (QED) is 0.356. The molecule has 1 aliphatic rings. The molecular formula is C28H26FNO4. The Morgan fingerprint density at radius 2 is 1.85 bits per heavy atom. The lowest BCUT2D eigenvalue weighted by molar-refractivity contribution is 0.0697. The van der Waals surface area contributed by atoms with Gasteiger partial charge >= 0.3 is 5.97 Å². The number of carboxylic acid groups (broad SMARTS) is 1. The number of halogens is 1. The Morgan fingerprint density at radius 1 is 1.12 bits per heavy atom. The Morgan fingerprint density at radius 3 is 2.50 bits per heavy atom. The lowest BCUT2D eigenvalue weighted by atomic mass is 9.72. The number of aromatic nitrogens is 1. The molecule has 1 heterocycles. The standard InChI is InChI=1S/C28H26FNO4/c1-16-12-21(10-11-22(16)29)30-23-4-3-5-24(31)26(23)25(18-6-8-19(9-7-18)28(32)33)27(30)20-13-17(14-20)15-34-2/h3-12,17,20,31H,13-15H2,1-2H3,(H,32,33). The third-order valence-corrected chi connectivity index (χ3v) is 6.85. The van der Waals surface area contributed by atoms with Crippen LogP contribution in [0, 0.1) is 18.7 Å². The van der Waals surface area contributed by atoms with Gasteiger partial charge in [0.15, 0.2) is 0 Å². The molecular weight excluding hydrogens is 433 g/mol. The summed E-state index contributed by atoms with van der Waals surface area (Å²) in [5.41, 5.74) is 5.16. The number of carbonyl (C=O) groups is 1. The summed E-state index contributed by atoms with van der Waals surface area (Å²) in [6.45, 7) is 2.44. The molecule has 1 saturated carbocycles. The highest BCUT2D eigenvalue weighted by Crippen LogP contribution is 2.51. The molecule has 1 fully saturated rings. The van der Waals surface area contributed by atoms with Crippen LogP contribution in [0.15, 0.2) is 60.7 Å². The summed E-state index contributed by atoms with van der Waals surface area (Å²) < 4.78 is 21.6. The Balaban J connectivity index is 1.80. The van der Waals surface area contributed by atoms with Crippen molar-refractivity contribution < 1.29 is 24.1 Å². The van der Waals surface area contributed by atoms with Gasteiger partial charge in [-0.05, 0) is 79.3 Å². The van der Waals surface area contributed by atoms with Gasteiger partial charge in [-0.3, -0.25) is 0 Å². The van der Waals surface area contributed by atoms with Crippen LogP contribution in [-0.2, 0) is 4.74 Å². The minimum absolute atomic E-state index is 0.154. The minimum atomic E-state index is -0.986. The molecule has 34 heavy (non-hydrogen) atoms. The fourth-order valence-corrected chi connectivity index (χ4v) is 5.18. The van der Waals surface area contributed by atoms with Gasteiger partial charge < -0.3 is 19.5 Å². The van der Waals surface area contributed by atoms with Crippen molar-refractivity contribution in [2.24, 2.45) is 5.92 Å². The maximum absolute atomic E-state index is 14.1. The normalized spacial score (nSPS) is 17.6. The smallest absolute Gasteiger partial charge is 0.335 e. The number of carboxylic acids is 1. The number of hydrogen-bond acceptors (Lipinski definition) is 3. The molecule has 4 aromatic rings. The van der Waals surface area contributed by atoms with Crippen LogP contribution < -0.4 is 0 Å². The number of aromatic carboxylic acids is 1. The maximum atomic E-state index is 14.1. The number of methoxy groups -OCH3 is 1. The first-order valence-corrected chi connectivity index (χ1v) is 11.3. The average Bonchev–Trinajstić information content (AvgIpc) is 3.13. The van der Waals surface area contributed by atoms with E-state index in [1.165, 1.54) is 6.07 Å². The Labute approximate surface area is 197 Å². The largest absolute Gasteiger partial charge is 0.507 e. The number of ether oxygens (including phenoxy) is 1. The van der Waals surface area contributed by atoms with Gasteiger partial charge in [0.05, 0.1) is 11.1 Å². The molecule has 2 N–H and O–H groups in total. The molecule has 174 valence electrons. The van der Waals surface area contributed by atoms with Gasteiger partial charge in [-0.1, -0.05) is 18.2 Å². The number of hydrogen-bond donors (Lipinski definition) is 2. The van der Waals surface area contributed by atoms with Crippen molar-refractivity contribution in [3.8, 4) is 22.6 Å². The number of benzene rings is 3. The Hall–Kier alpha value is -3.64. The number of nitrogens with zero attached hydrogens (tertiary/aromatic N) is 1. The fraction of sp³-hybridized carbons (Fsp3) is 0.250. The first-order chi connectivity index (χ1) is 16.4. The van der Waals surface area contributed by atoms with Gasteiger partial charge in [-0.15, -0.1) is 0 Å². The zero-order valence-corrected chi connectivity index (χ0v) is 19.1. The molecule has 0 saturated heterocycles. The Kier molecular flexibility index (Phi) is 5.62. The second-order valence-electron chi connectivity index (χ2n) is 9.07. The predicted octanol–water partition coefficient (Wildman–Crippen LogP) is 6.29. The van der Waals surface area contributed by atoms with Gasteiger partial charge in [0.2, 0.25) is 0 Å². The van der Waals surface area contributed by atoms with Crippen LogP contribution in [0.1, 0.15) is 40.4 Å². The predicted molar refractivity (Wildman–Crippen MR) is 129 cm³/mol. The number of phenolic OH excluding ortho intramolecular Hbond substituents is 1. The number of aryl methyl sites for hydroxylation is 1. The highest BCUT2D eigenvalue weighted by molar-refractivity contribution is 6.03. The first-order valence-electron chi connectivity index (χ1n) is 11.3. The molecule has 0 radical (unpaired) electrons. The monoisotopic (exact) mass is 459 g/mol. The molecule has 1 aliphatic carbocycles. The summed E-state index contributed by atoms with van der Waals surface area (Å²) in [6, 6.07) is 17.2. The molecule has 0 atom stereocenters. The maximum Gasteiger partial charge on any atom is 0.335 e. The van der Waals surface area contributed by atoms with E-state index >= 15 is 0 Å². The van der Waals surface area contributed by atoms with Crippen LogP contribution in [0.5, 0.6) is 5.75 Å². The van der Waals surface area contributed by atoms with Gasteiger partial charge in [0.1, 0.15) is 11.6 Å². The fourth-order valence-electron chi connectivity index (χ4n) is 5.18. The summed E-state index contributed by atoms with van der Waals surface area (Å²) in [6.07, 6.45) is 1.87. The van der Waals surface area contributed by atoms with E-state index in [9.17, 15) is 19.4 Å². The molecule has 6 heteroatoms. The van der Waals surface area contributed by atoms with E-state index < -0.39 is 5.97 Å². The molecule has 0 unspecified atom stereocenters. The van der Waals surface area contributed by atoms with Gasteiger partial charge in [-0.2, -0.15) is 0 Å². The lowest BCUT2D eigenvalue weighted by Gasteiger charge is -2.36. The van der Waals surface area contributed by atoms with E-state index in [1.807, 2.05) is 12.1 Å². The van der Waals surface area contributed by atoms with E-state index in [4.69, 9.17) is 4.74 Å². The van der Waals surface area contributed by atoms with Crippen molar-refractivity contribution in [1.82, 2.24) is 4.57 Å². The summed E-state index contributed by atoms with van der Waals surface area (Å²) >= 11 is 0. The Bertz CT molecular complexity index is 1380. The van der Waals surface area contributed by atoms with Crippen molar-refractivity contribution in [1.29, 1.82) is 0 Å². The van der Waals surface area contributed by atoms with Crippen LogP contribution in [0.3, 0.4) is 0 Å². The topological polar surface area (TPSA) is 71.7 Å². The second kappa shape index (κ2) is 8.61. The second-order valence-corrected chi connectivity index (χ2v) is 9.07. The number of phenols is 1. The van der Waals surface area contributed by atoms with Crippen LogP contribution >= 0.6 is 0 Å². The zero-order valence-electron chi connectivity index (χ0n) is 19.1. The molecule has 1 aromatic heterocycles. The lowest BCUT2D eigenvalue weighted by Crippen LogP contribution is -2.27. The van der Waals surface area contributed by atoms with Crippen LogP contribution in [-0.4, -0.2) is 34.5 Å². The van der Waals surface area contributed by atoms with E-state index in [0.717, 1.165) is 40.9 Å². The third kappa shape index (κ3) is 3.64. The number of aromatic hydroxyl groups is 1. The summed E-state index contributed by atoms with van der Waals surface area (Å²) in [7, 11) is 1.71. The molecule has 5 rings (SSSR count). The number of fused-ring (bicyclic) bond motifs is 1. The molecule has 0 bridgehead atoms. The van der Waals surface area contributed by atoms with E-state index in [-0.39, 0.29) is 23.0 Å². The van der Waals surface area contributed by atoms with Gasteiger partial charge in [0, 0.05) is 42.0 Å². The van der Waals surface area contributed by atoms with Crippen LogP contribution in [0.4, 0.5) is 4.39 Å². The van der Waals surface area contributed by atoms with E-state index in [1.54, 1.807) is 56.5 Å². The molecule has 0 amide bonds. The third-order valence-electron chi connectivity index (χ3n) is 6.85.